The van der Waals surface area contributed by atoms with Gasteiger partial charge in [-0.05, 0) is 18.8 Å². The van der Waals surface area contributed by atoms with Crippen molar-refractivity contribution >= 4 is 5.78 Å². The van der Waals surface area contributed by atoms with Crippen LogP contribution in [0, 0.1) is 23.2 Å². The maximum absolute atomic E-state index is 11.3. The van der Waals surface area contributed by atoms with E-state index in [1.807, 2.05) is 0 Å². The monoisotopic (exact) mass is 165 g/mol. The van der Waals surface area contributed by atoms with Crippen molar-refractivity contribution < 1.29 is 4.79 Å². The van der Waals surface area contributed by atoms with E-state index < -0.39 is 0 Å². The molecule has 0 aromatic rings. The van der Waals surface area contributed by atoms with Gasteiger partial charge in [-0.3, -0.25) is 4.79 Å². The Balaban J connectivity index is 2.40. The Hall–Kier alpha value is -0.840. The molecule has 1 saturated carbocycles. The second-order valence-electron chi connectivity index (χ2n) is 3.62. The molecule has 66 valence electrons. The summed E-state index contributed by atoms with van der Waals surface area (Å²) in [6.07, 6.45) is 4.26. The predicted molar refractivity (Wildman–Crippen MR) is 46.4 cm³/mol. The lowest BCUT2D eigenvalue weighted by molar-refractivity contribution is -0.120. The van der Waals surface area contributed by atoms with Gasteiger partial charge in [0.15, 0.2) is 0 Å². The van der Waals surface area contributed by atoms with Crippen molar-refractivity contribution in [3.63, 3.8) is 0 Å². The van der Waals surface area contributed by atoms with Gasteiger partial charge in [-0.1, -0.05) is 13.3 Å². The van der Waals surface area contributed by atoms with Crippen LogP contribution in [0.4, 0.5) is 0 Å². The van der Waals surface area contributed by atoms with E-state index in [1.165, 1.54) is 0 Å². The fourth-order valence-corrected chi connectivity index (χ4v) is 1.98. The Morgan fingerprint density at radius 3 is 3.00 bits per heavy atom. The third-order valence-corrected chi connectivity index (χ3v) is 2.58. The highest BCUT2D eigenvalue weighted by Crippen LogP contribution is 2.32. The molecule has 0 aromatic carbocycles. The van der Waals surface area contributed by atoms with Crippen LogP contribution in [-0.2, 0) is 4.79 Å². The lowest BCUT2D eigenvalue weighted by atomic mass is 9.99. The van der Waals surface area contributed by atoms with Gasteiger partial charge in [0.2, 0.25) is 0 Å². The highest BCUT2D eigenvalue weighted by molar-refractivity contribution is 5.83. The molecular weight excluding hydrogens is 150 g/mol. The van der Waals surface area contributed by atoms with Gasteiger partial charge in [-0.25, -0.2) is 0 Å². The number of hydrogen-bond donors (Lipinski definition) is 0. The first-order chi connectivity index (χ1) is 5.77. The van der Waals surface area contributed by atoms with Gasteiger partial charge in [0.25, 0.3) is 0 Å². The van der Waals surface area contributed by atoms with E-state index in [4.69, 9.17) is 5.26 Å². The van der Waals surface area contributed by atoms with E-state index in [1.54, 1.807) is 0 Å². The fourth-order valence-electron chi connectivity index (χ4n) is 1.98. The Bertz CT molecular complexity index is 204. The molecule has 0 saturated heterocycles. The van der Waals surface area contributed by atoms with Crippen molar-refractivity contribution in [1.29, 1.82) is 5.26 Å². The summed E-state index contributed by atoms with van der Waals surface area (Å²) in [6, 6.07) is 2.14. The van der Waals surface area contributed by atoms with Gasteiger partial charge in [-0.2, -0.15) is 5.26 Å². The first-order valence-corrected chi connectivity index (χ1v) is 4.67. The number of ketones is 1. The summed E-state index contributed by atoms with van der Waals surface area (Å²) in [7, 11) is 0. The van der Waals surface area contributed by atoms with Crippen LogP contribution in [0.15, 0.2) is 0 Å². The standard InChI is InChI=1S/C10H15NO/c1-2-3-9-6-8(4-5-11)7-10(9)12/h8-9H,2-4,6-7H2,1H3. The van der Waals surface area contributed by atoms with Gasteiger partial charge in [-0.15, -0.1) is 0 Å². The largest absolute Gasteiger partial charge is 0.299 e. The quantitative estimate of drug-likeness (QED) is 0.643. The van der Waals surface area contributed by atoms with Crippen LogP contribution in [0.1, 0.15) is 39.0 Å². The van der Waals surface area contributed by atoms with E-state index in [0.717, 1.165) is 19.3 Å². The van der Waals surface area contributed by atoms with E-state index in [9.17, 15) is 4.79 Å². The molecule has 0 radical (unpaired) electrons. The molecule has 0 aliphatic heterocycles. The van der Waals surface area contributed by atoms with Gasteiger partial charge in [0.1, 0.15) is 5.78 Å². The summed E-state index contributed by atoms with van der Waals surface area (Å²) in [5.74, 6) is 1.02. The molecule has 0 spiro atoms. The van der Waals surface area contributed by atoms with Crippen LogP contribution >= 0.6 is 0 Å². The minimum Gasteiger partial charge on any atom is -0.299 e. The molecular formula is C10H15NO. The number of carbonyl (C=O) groups excluding carboxylic acids is 1. The summed E-state index contributed by atoms with van der Waals surface area (Å²) < 4.78 is 0. The molecule has 2 atom stereocenters. The van der Waals surface area contributed by atoms with Crippen molar-refractivity contribution in [3.05, 3.63) is 0 Å². The zero-order chi connectivity index (χ0) is 8.97. The van der Waals surface area contributed by atoms with Crippen LogP contribution in [0.2, 0.25) is 0 Å². The predicted octanol–water partition coefficient (Wildman–Crippen LogP) is 2.30. The molecule has 1 aliphatic carbocycles. The van der Waals surface area contributed by atoms with Crippen LogP contribution in [0.5, 0.6) is 0 Å². The van der Waals surface area contributed by atoms with E-state index in [-0.39, 0.29) is 5.92 Å². The molecule has 1 rings (SSSR count). The number of nitriles is 1. The van der Waals surface area contributed by atoms with Gasteiger partial charge < -0.3 is 0 Å². The van der Waals surface area contributed by atoms with Crippen LogP contribution in [0.25, 0.3) is 0 Å². The van der Waals surface area contributed by atoms with E-state index >= 15 is 0 Å². The average Bonchev–Trinajstić information content (AvgIpc) is 2.34. The normalized spacial score (nSPS) is 28.8. The minimum absolute atomic E-state index is 0.272. The van der Waals surface area contributed by atoms with Gasteiger partial charge >= 0.3 is 0 Å². The number of nitrogens with zero attached hydrogens (tertiary/aromatic N) is 1. The second kappa shape index (κ2) is 4.25. The molecule has 0 heterocycles. The maximum Gasteiger partial charge on any atom is 0.136 e. The van der Waals surface area contributed by atoms with Crippen molar-refractivity contribution in [1.82, 2.24) is 0 Å². The smallest absolute Gasteiger partial charge is 0.136 e. The van der Waals surface area contributed by atoms with Crippen LogP contribution < -0.4 is 0 Å². The SMILES string of the molecule is CCCC1CC(CC#N)CC1=O. The first-order valence-electron chi connectivity index (χ1n) is 4.67. The molecule has 2 heteroatoms. The summed E-state index contributed by atoms with van der Waals surface area (Å²) in [6.45, 7) is 2.10. The third kappa shape index (κ3) is 2.07. The Labute approximate surface area is 73.6 Å². The zero-order valence-electron chi connectivity index (χ0n) is 7.55. The number of Topliss-reactive ketones (excluding diaryl/α,β-unsaturated/α-hetero) is 1. The van der Waals surface area contributed by atoms with Crippen molar-refractivity contribution in [2.24, 2.45) is 11.8 Å². The van der Waals surface area contributed by atoms with Gasteiger partial charge in [0.05, 0.1) is 6.07 Å². The molecule has 2 unspecified atom stereocenters. The molecule has 1 fully saturated rings. The Kier molecular flexibility index (Phi) is 3.28. The molecule has 0 bridgehead atoms. The van der Waals surface area contributed by atoms with Crippen LogP contribution in [0.3, 0.4) is 0 Å². The molecule has 0 N–H and O–H groups in total. The van der Waals surface area contributed by atoms with Crippen molar-refractivity contribution in [3.8, 4) is 6.07 Å². The van der Waals surface area contributed by atoms with Crippen LogP contribution in [-0.4, -0.2) is 5.78 Å². The number of hydrogen-bond acceptors (Lipinski definition) is 2. The molecule has 0 aromatic heterocycles. The van der Waals surface area contributed by atoms with Gasteiger partial charge in [0, 0.05) is 18.8 Å². The summed E-state index contributed by atoms with van der Waals surface area (Å²) in [5.41, 5.74) is 0. The topological polar surface area (TPSA) is 40.9 Å². The lowest BCUT2D eigenvalue weighted by Crippen LogP contribution is -2.04. The zero-order valence-corrected chi connectivity index (χ0v) is 7.55. The second-order valence-corrected chi connectivity index (χ2v) is 3.62. The maximum atomic E-state index is 11.3. The number of carbonyl (C=O) groups is 1. The lowest BCUT2D eigenvalue weighted by Gasteiger charge is -2.04. The van der Waals surface area contributed by atoms with E-state index in [2.05, 4.69) is 13.0 Å². The molecule has 2 nitrogen and oxygen atoms in total. The molecule has 1 aliphatic rings. The highest BCUT2D eigenvalue weighted by Gasteiger charge is 2.31. The number of rotatable bonds is 3. The van der Waals surface area contributed by atoms with E-state index in [0.29, 0.717) is 24.5 Å². The Morgan fingerprint density at radius 2 is 2.42 bits per heavy atom. The Morgan fingerprint density at radius 1 is 1.67 bits per heavy atom. The summed E-state index contributed by atoms with van der Waals surface area (Å²) in [5, 5.41) is 8.47. The third-order valence-electron chi connectivity index (χ3n) is 2.58. The van der Waals surface area contributed by atoms with Crippen molar-refractivity contribution in [2.45, 2.75) is 39.0 Å². The summed E-state index contributed by atoms with van der Waals surface area (Å²) in [4.78, 5) is 11.3. The molecule has 12 heavy (non-hydrogen) atoms. The fraction of sp³-hybridized carbons (Fsp3) is 0.800. The summed E-state index contributed by atoms with van der Waals surface area (Å²) >= 11 is 0. The minimum atomic E-state index is 0.272. The molecule has 0 amide bonds. The average molecular weight is 165 g/mol. The highest BCUT2D eigenvalue weighted by atomic mass is 16.1. The van der Waals surface area contributed by atoms with Crippen molar-refractivity contribution in [2.75, 3.05) is 0 Å². The first kappa shape index (κ1) is 9.25.